The lowest BCUT2D eigenvalue weighted by Gasteiger charge is -2.40. The molecular formula is C16H24ClNOS. The van der Waals surface area contributed by atoms with Crippen molar-refractivity contribution in [1.82, 2.24) is 4.90 Å². The summed E-state index contributed by atoms with van der Waals surface area (Å²) in [5.41, 5.74) is 0.376. The average molecular weight is 314 g/mol. The van der Waals surface area contributed by atoms with Gasteiger partial charge in [0.1, 0.15) is 0 Å². The number of likely N-dealkylation sites (tertiary alicyclic amines) is 1. The molecule has 1 aromatic heterocycles. The minimum absolute atomic E-state index is 0.0364. The minimum atomic E-state index is -0.0364. The third kappa shape index (κ3) is 3.63. The third-order valence-electron chi connectivity index (χ3n) is 4.50. The average Bonchev–Trinajstić information content (AvgIpc) is 2.83. The molecule has 1 aromatic rings. The molecule has 0 N–H and O–H groups in total. The van der Waals surface area contributed by atoms with Crippen LogP contribution in [0.3, 0.4) is 0 Å². The Morgan fingerprint density at radius 1 is 1.35 bits per heavy atom. The van der Waals surface area contributed by atoms with Crippen LogP contribution in [0.1, 0.15) is 50.2 Å². The Kier molecular flexibility index (Phi) is 4.93. The van der Waals surface area contributed by atoms with Crippen LogP contribution in [0.25, 0.3) is 0 Å². The number of hydrogen-bond acceptors (Lipinski definition) is 3. The Bertz CT molecular complexity index is 469. The van der Waals surface area contributed by atoms with Crippen LogP contribution in [-0.2, 0) is 0 Å². The molecule has 20 heavy (non-hydrogen) atoms. The van der Waals surface area contributed by atoms with E-state index in [1.54, 1.807) is 6.07 Å². The zero-order valence-corrected chi connectivity index (χ0v) is 14.4. The quantitative estimate of drug-likeness (QED) is 0.752. The van der Waals surface area contributed by atoms with Crippen LogP contribution in [0.15, 0.2) is 12.1 Å². The van der Waals surface area contributed by atoms with Gasteiger partial charge in [-0.1, -0.05) is 32.4 Å². The Hall–Kier alpha value is -0.380. The van der Waals surface area contributed by atoms with Gasteiger partial charge in [0, 0.05) is 0 Å². The fraction of sp³-hybridized carbons (Fsp3) is 0.688. The fourth-order valence-corrected chi connectivity index (χ4v) is 4.04. The summed E-state index contributed by atoms with van der Waals surface area (Å²) in [6.07, 6.45) is 2.37. The van der Waals surface area contributed by atoms with Gasteiger partial charge < -0.3 is 0 Å². The number of carbonyl (C=O) groups is 1. The highest BCUT2D eigenvalue weighted by atomic mass is 35.5. The van der Waals surface area contributed by atoms with Crippen LogP contribution < -0.4 is 0 Å². The van der Waals surface area contributed by atoms with Gasteiger partial charge in [-0.15, -0.1) is 11.3 Å². The standard InChI is InChI=1S/C16H24ClNOS/c1-11(15(19)13-5-6-14(17)20-13)18-9-7-12(8-10-18)16(2,3)4/h5-6,11-12H,7-10H2,1-4H3. The number of hydrogen-bond donors (Lipinski definition) is 0. The molecule has 2 heterocycles. The fourth-order valence-electron chi connectivity index (χ4n) is 2.97. The second-order valence-corrected chi connectivity index (χ2v) is 8.54. The number of thiophene rings is 1. The molecule has 0 bridgehead atoms. The first-order valence-electron chi connectivity index (χ1n) is 7.32. The first-order chi connectivity index (χ1) is 9.29. The number of ketones is 1. The zero-order chi connectivity index (χ0) is 14.9. The van der Waals surface area contributed by atoms with Gasteiger partial charge in [0.05, 0.1) is 15.3 Å². The Labute approximate surface area is 131 Å². The van der Waals surface area contributed by atoms with Gasteiger partial charge in [0.25, 0.3) is 0 Å². The number of carbonyl (C=O) groups excluding carboxylic acids is 1. The number of piperidine rings is 1. The summed E-state index contributed by atoms with van der Waals surface area (Å²) < 4.78 is 0.687. The van der Waals surface area contributed by atoms with Gasteiger partial charge in [0.2, 0.25) is 0 Å². The molecule has 1 unspecified atom stereocenters. The summed E-state index contributed by atoms with van der Waals surface area (Å²) in [5.74, 6) is 0.966. The summed E-state index contributed by atoms with van der Waals surface area (Å²) in [6, 6.07) is 3.61. The molecule has 112 valence electrons. The number of halogens is 1. The SMILES string of the molecule is CC(C(=O)c1ccc(Cl)s1)N1CCC(C(C)(C)C)CC1. The molecule has 1 aliphatic heterocycles. The maximum Gasteiger partial charge on any atom is 0.189 e. The van der Waals surface area contributed by atoms with Crippen molar-refractivity contribution in [3.8, 4) is 0 Å². The van der Waals surface area contributed by atoms with Gasteiger partial charge >= 0.3 is 0 Å². The first-order valence-corrected chi connectivity index (χ1v) is 8.52. The highest BCUT2D eigenvalue weighted by Gasteiger charge is 2.32. The lowest BCUT2D eigenvalue weighted by Crippen LogP contribution is -2.45. The second-order valence-electron chi connectivity index (χ2n) is 6.82. The van der Waals surface area contributed by atoms with E-state index in [0.29, 0.717) is 9.75 Å². The Morgan fingerprint density at radius 2 is 1.95 bits per heavy atom. The van der Waals surface area contributed by atoms with Gasteiger partial charge in [-0.25, -0.2) is 0 Å². The van der Waals surface area contributed by atoms with E-state index in [4.69, 9.17) is 11.6 Å². The summed E-state index contributed by atoms with van der Waals surface area (Å²) in [7, 11) is 0. The van der Waals surface area contributed by atoms with Gasteiger partial charge in [-0.2, -0.15) is 0 Å². The Balaban J connectivity index is 1.95. The van der Waals surface area contributed by atoms with E-state index in [0.717, 1.165) is 23.9 Å². The van der Waals surface area contributed by atoms with Crippen LogP contribution in [0.4, 0.5) is 0 Å². The molecular weight excluding hydrogens is 290 g/mol. The second kappa shape index (κ2) is 6.17. The van der Waals surface area contributed by atoms with Crippen molar-refractivity contribution in [1.29, 1.82) is 0 Å². The molecule has 0 radical (unpaired) electrons. The minimum Gasteiger partial charge on any atom is -0.293 e. The molecule has 2 rings (SSSR count). The van der Waals surface area contributed by atoms with E-state index in [1.807, 2.05) is 13.0 Å². The Morgan fingerprint density at radius 3 is 2.40 bits per heavy atom. The summed E-state index contributed by atoms with van der Waals surface area (Å²) in [5, 5.41) is 0. The van der Waals surface area contributed by atoms with Crippen LogP contribution in [0.5, 0.6) is 0 Å². The summed E-state index contributed by atoms with van der Waals surface area (Å²) in [4.78, 5) is 15.5. The van der Waals surface area contributed by atoms with E-state index < -0.39 is 0 Å². The predicted octanol–water partition coefficient (Wildman–Crippen LogP) is 4.73. The number of rotatable bonds is 3. The van der Waals surface area contributed by atoms with Crippen LogP contribution in [0, 0.1) is 11.3 Å². The molecule has 1 aliphatic rings. The molecule has 1 atom stereocenters. The monoisotopic (exact) mass is 313 g/mol. The maximum atomic E-state index is 12.4. The largest absolute Gasteiger partial charge is 0.293 e. The van der Waals surface area contributed by atoms with Gasteiger partial charge in [-0.3, -0.25) is 9.69 Å². The molecule has 0 saturated carbocycles. The van der Waals surface area contributed by atoms with Crippen molar-refractivity contribution < 1.29 is 4.79 Å². The van der Waals surface area contributed by atoms with Crippen molar-refractivity contribution in [2.24, 2.45) is 11.3 Å². The van der Waals surface area contributed by atoms with Crippen molar-refractivity contribution in [3.63, 3.8) is 0 Å². The van der Waals surface area contributed by atoms with Gasteiger partial charge in [0.15, 0.2) is 5.78 Å². The third-order valence-corrected chi connectivity index (χ3v) is 5.74. The smallest absolute Gasteiger partial charge is 0.189 e. The van der Waals surface area contributed by atoms with E-state index in [1.165, 1.54) is 24.2 Å². The van der Waals surface area contributed by atoms with Crippen LogP contribution >= 0.6 is 22.9 Å². The highest BCUT2D eigenvalue weighted by Crippen LogP contribution is 2.35. The zero-order valence-electron chi connectivity index (χ0n) is 12.8. The molecule has 4 heteroatoms. The van der Waals surface area contributed by atoms with Crippen molar-refractivity contribution in [3.05, 3.63) is 21.3 Å². The van der Waals surface area contributed by atoms with E-state index in [-0.39, 0.29) is 11.8 Å². The number of Topliss-reactive ketones (excluding diaryl/α,β-unsaturated/α-hetero) is 1. The molecule has 0 aromatic carbocycles. The lowest BCUT2D eigenvalue weighted by atomic mass is 9.75. The lowest BCUT2D eigenvalue weighted by molar-refractivity contribution is 0.0663. The van der Waals surface area contributed by atoms with Gasteiger partial charge in [-0.05, 0) is 56.3 Å². The predicted molar refractivity (Wildman–Crippen MR) is 86.9 cm³/mol. The van der Waals surface area contributed by atoms with E-state index in [9.17, 15) is 4.79 Å². The van der Waals surface area contributed by atoms with Crippen molar-refractivity contribution in [2.45, 2.75) is 46.6 Å². The van der Waals surface area contributed by atoms with E-state index in [2.05, 4.69) is 25.7 Å². The van der Waals surface area contributed by atoms with Crippen molar-refractivity contribution in [2.75, 3.05) is 13.1 Å². The summed E-state index contributed by atoms with van der Waals surface area (Å²) >= 11 is 7.30. The normalized spacial score (nSPS) is 20.1. The summed E-state index contributed by atoms with van der Waals surface area (Å²) in [6.45, 7) is 11.0. The maximum absolute atomic E-state index is 12.4. The molecule has 0 aliphatic carbocycles. The molecule has 1 saturated heterocycles. The van der Waals surface area contributed by atoms with Crippen LogP contribution in [0.2, 0.25) is 4.34 Å². The van der Waals surface area contributed by atoms with Crippen molar-refractivity contribution >= 4 is 28.7 Å². The number of nitrogens with zero attached hydrogens (tertiary/aromatic N) is 1. The molecule has 2 nitrogen and oxygen atoms in total. The van der Waals surface area contributed by atoms with Crippen LogP contribution in [-0.4, -0.2) is 29.8 Å². The molecule has 1 fully saturated rings. The first kappa shape index (κ1) is 16.0. The molecule has 0 spiro atoms. The topological polar surface area (TPSA) is 20.3 Å². The molecule has 0 amide bonds. The highest BCUT2D eigenvalue weighted by molar-refractivity contribution is 7.18. The van der Waals surface area contributed by atoms with E-state index >= 15 is 0 Å².